The Bertz CT molecular complexity index is 971. The second-order valence-corrected chi connectivity index (χ2v) is 9.10. The van der Waals surface area contributed by atoms with Crippen molar-refractivity contribution >= 4 is 27.1 Å². The molecule has 1 N–H and O–H groups in total. The molecular weight excluding hydrogens is 386 g/mol. The van der Waals surface area contributed by atoms with Gasteiger partial charge in [0.15, 0.2) is 9.84 Å². The highest BCUT2D eigenvalue weighted by Gasteiger charge is 2.33. The first-order chi connectivity index (χ1) is 13.2. The summed E-state index contributed by atoms with van der Waals surface area (Å²) in [6.45, 7) is 1.90. The minimum Gasteiger partial charge on any atom is -0.468 e. The predicted octanol–water partition coefficient (Wildman–Crippen LogP) is 2.12. The standard InChI is InChI=1S/C18H21N3O6S/c1-13-4-5-16(17(9-13)21(23)24)19-18(22)11-20(10-15-3-2-7-27-15)14-6-8-28(25,26)12-14/h2-5,7,9,14H,6,8,10-12H2,1H3,(H,19,22)/t14-/m0/s1. The van der Waals surface area contributed by atoms with Gasteiger partial charge in [-0.05, 0) is 37.1 Å². The number of furan rings is 1. The summed E-state index contributed by atoms with van der Waals surface area (Å²) in [5.74, 6) is 0.212. The molecule has 10 heteroatoms. The second kappa shape index (κ2) is 8.11. The normalized spacial score (nSPS) is 18.3. The molecule has 2 aromatic rings. The van der Waals surface area contributed by atoms with E-state index in [2.05, 4.69) is 5.32 Å². The van der Waals surface area contributed by atoms with Crippen molar-refractivity contribution in [1.29, 1.82) is 0 Å². The van der Waals surface area contributed by atoms with Crippen LogP contribution in [0.3, 0.4) is 0 Å². The number of aryl methyl sites for hydroxylation is 1. The van der Waals surface area contributed by atoms with E-state index in [0.29, 0.717) is 17.7 Å². The number of nitrogens with one attached hydrogen (secondary N) is 1. The highest BCUT2D eigenvalue weighted by Crippen LogP contribution is 2.26. The van der Waals surface area contributed by atoms with Crippen molar-refractivity contribution in [3.63, 3.8) is 0 Å². The average molecular weight is 407 g/mol. The fourth-order valence-electron chi connectivity index (χ4n) is 3.25. The Morgan fingerprint density at radius 2 is 2.18 bits per heavy atom. The maximum atomic E-state index is 12.6. The van der Waals surface area contributed by atoms with Crippen LogP contribution in [0.5, 0.6) is 0 Å². The number of sulfone groups is 1. The monoisotopic (exact) mass is 407 g/mol. The number of nitro groups is 1. The molecular formula is C18H21N3O6S. The molecule has 0 radical (unpaired) electrons. The Balaban J connectivity index is 1.75. The number of hydrogen-bond acceptors (Lipinski definition) is 7. The Labute approximate surface area is 162 Å². The summed E-state index contributed by atoms with van der Waals surface area (Å²) in [5.41, 5.74) is 0.632. The van der Waals surface area contributed by atoms with Crippen LogP contribution in [0, 0.1) is 17.0 Å². The molecule has 1 aliphatic rings. The highest BCUT2D eigenvalue weighted by molar-refractivity contribution is 7.91. The van der Waals surface area contributed by atoms with Gasteiger partial charge in [0, 0.05) is 12.1 Å². The molecule has 1 atom stereocenters. The number of carbonyl (C=O) groups excluding carboxylic acids is 1. The van der Waals surface area contributed by atoms with Crippen molar-refractivity contribution in [2.24, 2.45) is 0 Å². The smallest absolute Gasteiger partial charge is 0.293 e. The van der Waals surface area contributed by atoms with E-state index in [1.807, 2.05) is 0 Å². The molecule has 28 heavy (non-hydrogen) atoms. The van der Waals surface area contributed by atoms with E-state index in [0.717, 1.165) is 0 Å². The highest BCUT2D eigenvalue weighted by atomic mass is 32.2. The predicted molar refractivity (Wildman–Crippen MR) is 103 cm³/mol. The fourth-order valence-corrected chi connectivity index (χ4v) is 5.01. The molecule has 2 heterocycles. The Morgan fingerprint density at radius 3 is 2.79 bits per heavy atom. The maximum absolute atomic E-state index is 12.6. The molecule has 9 nitrogen and oxygen atoms in total. The van der Waals surface area contributed by atoms with Crippen LogP contribution in [0.25, 0.3) is 0 Å². The topological polar surface area (TPSA) is 123 Å². The summed E-state index contributed by atoms with van der Waals surface area (Å²) in [5, 5.41) is 13.8. The first kappa shape index (κ1) is 20.0. The third kappa shape index (κ3) is 4.96. The molecule has 1 amide bonds. The zero-order valence-electron chi connectivity index (χ0n) is 15.3. The number of anilines is 1. The lowest BCUT2D eigenvalue weighted by atomic mass is 10.2. The Morgan fingerprint density at radius 1 is 1.39 bits per heavy atom. The van der Waals surface area contributed by atoms with E-state index in [1.54, 1.807) is 30.0 Å². The van der Waals surface area contributed by atoms with Crippen LogP contribution < -0.4 is 5.32 Å². The van der Waals surface area contributed by atoms with Gasteiger partial charge < -0.3 is 9.73 Å². The van der Waals surface area contributed by atoms with Crippen molar-refractivity contribution in [1.82, 2.24) is 4.90 Å². The van der Waals surface area contributed by atoms with Crippen molar-refractivity contribution in [2.45, 2.75) is 25.9 Å². The number of nitro benzene ring substituents is 1. The van der Waals surface area contributed by atoms with Crippen LogP contribution in [0.1, 0.15) is 17.7 Å². The largest absolute Gasteiger partial charge is 0.468 e. The molecule has 0 aliphatic carbocycles. The fraction of sp³-hybridized carbons (Fsp3) is 0.389. The minimum atomic E-state index is -3.13. The van der Waals surface area contributed by atoms with Crippen LogP contribution >= 0.6 is 0 Å². The summed E-state index contributed by atoms with van der Waals surface area (Å²) in [6.07, 6.45) is 1.94. The number of hydrogen-bond donors (Lipinski definition) is 1. The molecule has 1 saturated heterocycles. The van der Waals surface area contributed by atoms with Gasteiger partial charge in [-0.1, -0.05) is 6.07 Å². The lowest BCUT2D eigenvalue weighted by molar-refractivity contribution is -0.384. The van der Waals surface area contributed by atoms with Crippen molar-refractivity contribution in [3.8, 4) is 0 Å². The third-order valence-electron chi connectivity index (χ3n) is 4.63. The minimum absolute atomic E-state index is 0.0222. The molecule has 1 fully saturated rings. The average Bonchev–Trinajstić information content (AvgIpc) is 3.25. The molecule has 1 aliphatic heterocycles. The zero-order valence-corrected chi connectivity index (χ0v) is 16.1. The lowest BCUT2D eigenvalue weighted by Crippen LogP contribution is -2.41. The van der Waals surface area contributed by atoms with Crippen LogP contribution in [0.2, 0.25) is 0 Å². The molecule has 0 spiro atoms. The first-order valence-corrected chi connectivity index (χ1v) is 10.6. The van der Waals surface area contributed by atoms with Gasteiger partial charge in [0.05, 0.1) is 35.8 Å². The Hall–Kier alpha value is -2.72. The molecule has 3 rings (SSSR count). The molecule has 1 aromatic carbocycles. The molecule has 0 bridgehead atoms. The van der Waals surface area contributed by atoms with Crippen molar-refractivity contribution in [2.75, 3.05) is 23.4 Å². The number of benzene rings is 1. The van der Waals surface area contributed by atoms with E-state index >= 15 is 0 Å². The number of amides is 1. The zero-order chi connectivity index (χ0) is 20.3. The van der Waals surface area contributed by atoms with Crippen molar-refractivity contribution < 1.29 is 22.6 Å². The van der Waals surface area contributed by atoms with Crippen LogP contribution in [-0.2, 0) is 21.2 Å². The summed E-state index contributed by atoms with van der Waals surface area (Å²) in [4.78, 5) is 25.0. The summed E-state index contributed by atoms with van der Waals surface area (Å²) in [7, 11) is -3.13. The maximum Gasteiger partial charge on any atom is 0.293 e. The van der Waals surface area contributed by atoms with E-state index in [9.17, 15) is 23.3 Å². The van der Waals surface area contributed by atoms with Gasteiger partial charge in [0.25, 0.3) is 5.69 Å². The third-order valence-corrected chi connectivity index (χ3v) is 6.38. The summed E-state index contributed by atoms with van der Waals surface area (Å²) >= 11 is 0. The SMILES string of the molecule is Cc1ccc(NC(=O)CN(Cc2ccco2)[C@H]2CCS(=O)(=O)C2)c([N+](=O)[O-])c1. The van der Waals surface area contributed by atoms with E-state index in [4.69, 9.17) is 4.42 Å². The molecule has 0 unspecified atom stereocenters. The van der Waals surface area contributed by atoms with Crippen molar-refractivity contribution in [3.05, 3.63) is 58.0 Å². The lowest BCUT2D eigenvalue weighted by Gasteiger charge is -2.26. The van der Waals surface area contributed by atoms with Crippen LogP contribution in [-0.4, -0.2) is 48.2 Å². The molecule has 150 valence electrons. The van der Waals surface area contributed by atoms with E-state index < -0.39 is 20.7 Å². The number of carbonyl (C=O) groups is 1. The van der Waals surface area contributed by atoms with Crippen LogP contribution in [0.4, 0.5) is 11.4 Å². The molecule has 0 saturated carbocycles. The van der Waals surface area contributed by atoms with Crippen LogP contribution in [0.15, 0.2) is 41.0 Å². The van der Waals surface area contributed by atoms with Gasteiger partial charge >= 0.3 is 0 Å². The van der Waals surface area contributed by atoms with Gasteiger partial charge in [-0.15, -0.1) is 0 Å². The van der Waals surface area contributed by atoms with E-state index in [-0.39, 0.29) is 42.0 Å². The quantitative estimate of drug-likeness (QED) is 0.551. The van der Waals surface area contributed by atoms with Gasteiger partial charge in [0.2, 0.25) is 5.91 Å². The Kier molecular flexibility index (Phi) is 5.80. The van der Waals surface area contributed by atoms with Gasteiger partial charge in [-0.25, -0.2) is 8.42 Å². The second-order valence-electron chi connectivity index (χ2n) is 6.87. The number of nitrogens with zero attached hydrogens (tertiary/aromatic N) is 2. The van der Waals surface area contributed by atoms with Gasteiger partial charge in [-0.3, -0.25) is 19.8 Å². The summed E-state index contributed by atoms with van der Waals surface area (Å²) in [6, 6.07) is 7.71. The first-order valence-electron chi connectivity index (χ1n) is 8.75. The van der Waals surface area contributed by atoms with Gasteiger partial charge in [-0.2, -0.15) is 0 Å². The van der Waals surface area contributed by atoms with E-state index in [1.165, 1.54) is 18.4 Å². The van der Waals surface area contributed by atoms with Gasteiger partial charge in [0.1, 0.15) is 11.4 Å². The molecule has 1 aromatic heterocycles. The number of rotatable bonds is 7. The summed E-state index contributed by atoms with van der Waals surface area (Å²) < 4.78 is 29.0.